The fraction of sp³-hybridized carbons (Fsp3) is 0.538. The zero-order valence-corrected chi connectivity index (χ0v) is 10.8. The number of hydrogen-bond donors (Lipinski definition) is 2. The van der Waals surface area contributed by atoms with Crippen molar-refractivity contribution in [2.75, 3.05) is 31.2 Å². The van der Waals surface area contributed by atoms with E-state index in [1.54, 1.807) is 12.1 Å². The highest BCUT2D eigenvalue weighted by Gasteiger charge is 2.04. The maximum absolute atomic E-state index is 13.1. The monoisotopic (exact) mass is 239 g/mol. The van der Waals surface area contributed by atoms with Crippen molar-refractivity contribution in [2.24, 2.45) is 0 Å². The van der Waals surface area contributed by atoms with Crippen molar-refractivity contribution in [1.29, 1.82) is 0 Å². The Balaban J connectivity index is 2.34. The second-order valence-electron chi connectivity index (χ2n) is 4.56. The number of para-hydroxylation sites is 1. The molecule has 0 unspecified atom stereocenters. The topological polar surface area (TPSA) is 41.3 Å². The Morgan fingerprint density at radius 1 is 1.41 bits per heavy atom. The summed E-state index contributed by atoms with van der Waals surface area (Å²) in [6.45, 7) is 6.14. The number of anilines is 2. The summed E-state index contributed by atoms with van der Waals surface area (Å²) in [5.41, 5.74) is 6.50. The van der Waals surface area contributed by atoms with Crippen LogP contribution in [0, 0.1) is 5.82 Å². The molecule has 3 N–H and O–H groups in total. The molecule has 0 bridgehead atoms. The third kappa shape index (κ3) is 4.23. The SMILES string of the molecule is CC(C)N(C)CCCNc1cccc(F)c1N. The van der Waals surface area contributed by atoms with Gasteiger partial charge in [0, 0.05) is 12.6 Å². The Labute approximate surface area is 103 Å². The molecule has 0 spiro atoms. The van der Waals surface area contributed by atoms with Crippen LogP contribution in [-0.2, 0) is 0 Å². The molecule has 17 heavy (non-hydrogen) atoms. The van der Waals surface area contributed by atoms with Gasteiger partial charge in [-0.2, -0.15) is 0 Å². The number of nitrogen functional groups attached to an aromatic ring is 1. The van der Waals surface area contributed by atoms with Crippen LogP contribution in [0.25, 0.3) is 0 Å². The van der Waals surface area contributed by atoms with Crippen molar-refractivity contribution in [3.63, 3.8) is 0 Å². The van der Waals surface area contributed by atoms with Gasteiger partial charge in [0.2, 0.25) is 0 Å². The van der Waals surface area contributed by atoms with Crippen LogP contribution in [0.4, 0.5) is 15.8 Å². The predicted octanol–water partition coefficient (Wildman–Crippen LogP) is 2.55. The summed E-state index contributed by atoms with van der Waals surface area (Å²) in [4.78, 5) is 2.27. The van der Waals surface area contributed by atoms with E-state index >= 15 is 0 Å². The lowest BCUT2D eigenvalue weighted by atomic mass is 10.2. The Kier molecular flexibility index (Phi) is 5.22. The lowest BCUT2D eigenvalue weighted by Crippen LogP contribution is -2.28. The molecule has 0 amide bonds. The van der Waals surface area contributed by atoms with E-state index < -0.39 is 0 Å². The molecule has 0 saturated heterocycles. The van der Waals surface area contributed by atoms with Crippen LogP contribution in [0.2, 0.25) is 0 Å². The van der Waals surface area contributed by atoms with Gasteiger partial charge in [-0.3, -0.25) is 0 Å². The first-order chi connectivity index (χ1) is 8.02. The normalized spacial score (nSPS) is 11.2. The first-order valence-corrected chi connectivity index (χ1v) is 6.00. The highest BCUT2D eigenvalue weighted by atomic mass is 19.1. The molecule has 0 fully saturated rings. The minimum Gasteiger partial charge on any atom is -0.395 e. The van der Waals surface area contributed by atoms with E-state index in [1.807, 2.05) is 0 Å². The van der Waals surface area contributed by atoms with Crippen molar-refractivity contribution in [1.82, 2.24) is 4.90 Å². The maximum Gasteiger partial charge on any atom is 0.148 e. The number of hydrogen-bond acceptors (Lipinski definition) is 3. The highest BCUT2D eigenvalue weighted by Crippen LogP contribution is 2.20. The summed E-state index contributed by atoms with van der Waals surface area (Å²) in [5.74, 6) is -0.366. The largest absolute Gasteiger partial charge is 0.395 e. The van der Waals surface area contributed by atoms with Crippen molar-refractivity contribution in [3.05, 3.63) is 24.0 Å². The third-order valence-electron chi connectivity index (χ3n) is 2.94. The fourth-order valence-corrected chi connectivity index (χ4v) is 1.50. The van der Waals surface area contributed by atoms with Crippen LogP contribution in [0.1, 0.15) is 20.3 Å². The van der Waals surface area contributed by atoms with E-state index in [9.17, 15) is 4.39 Å². The molecular formula is C13H22FN3. The Morgan fingerprint density at radius 2 is 2.12 bits per heavy atom. The molecule has 0 saturated carbocycles. The summed E-state index contributed by atoms with van der Waals surface area (Å²) >= 11 is 0. The van der Waals surface area contributed by atoms with Crippen molar-refractivity contribution < 1.29 is 4.39 Å². The van der Waals surface area contributed by atoms with Crippen LogP contribution in [0.5, 0.6) is 0 Å². The molecule has 0 aliphatic heterocycles. The Hall–Kier alpha value is -1.29. The van der Waals surface area contributed by atoms with E-state index in [2.05, 4.69) is 31.1 Å². The molecule has 96 valence electrons. The van der Waals surface area contributed by atoms with E-state index in [1.165, 1.54) is 6.07 Å². The van der Waals surface area contributed by atoms with Gasteiger partial charge in [0.05, 0.1) is 11.4 Å². The van der Waals surface area contributed by atoms with Gasteiger partial charge in [-0.25, -0.2) is 4.39 Å². The molecule has 4 heteroatoms. The molecule has 0 aliphatic carbocycles. The van der Waals surface area contributed by atoms with Gasteiger partial charge >= 0.3 is 0 Å². The van der Waals surface area contributed by atoms with Gasteiger partial charge < -0.3 is 16.0 Å². The third-order valence-corrected chi connectivity index (χ3v) is 2.94. The van der Waals surface area contributed by atoms with E-state index in [0.717, 1.165) is 19.5 Å². The van der Waals surface area contributed by atoms with E-state index in [0.29, 0.717) is 11.7 Å². The van der Waals surface area contributed by atoms with Crippen LogP contribution in [0.3, 0.4) is 0 Å². The van der Waals surface area contributed by atoms with Crippen LogP contribution >= 0.6 is 0 Å². The number of benzene rings is 1. The first-order valence-electron chi connectivity index (χ1n) is 6.00. The highest BCUT2D eigenvalue weighted by molar-refractivity contribution is 5.66. The summed E-state index contributed by atoms with van der Waals surface area (Å²) in [7, 11) is 2.10. The maximum atomic E-state index is 13.1. The zero-order chi connectivity index (χ0) is 12.8. The molecular weight excluding hydrogens is 217 g/mol. The van der Waals surface area contributed by atoms with Gasteiger partial charge in [0.25, 0.3) is 0 Å². The second kappa shape index (κ2) is 6.45. The molecule has 0 heterocycles. The Morgan fingerprint density at radius 3 is 2.76 bits per heavy atom. The zero-order valence-electron chi connectivity index (χ0n) is 10.8. The van der Waals surface area contributed by atoms with Crippen molar-refractivity contribution in [2.45, 2.75) is 26.3 Å². The van der Waals surface area contributed by atoms with Gasteiger partial charge in [0.15, 0.2) is 0 Å². The van der Waals surface area contributed by atoms with Crippen molar-refractivity contribution >= 4 is 11.4 Å². The number of halogens is 1. The summed E-state index contributed by atoms with van der Waals surface area (Å²) in [5, 5.41) is 3.16. The average molecular weight is 239 g/mol. The van der Waals surface area contributed by atoms with Crippen LogP contribution < -0.4 is 11.1 Å². The quantitative estimate of drug-likeness (QED) is 0.592. The minimum absolute atomic E-state index is 0.199. The van der Waals surface area contributed by atoms with Crippen LogP contribution in [0.15, 0.2) is 18.2 Å². The molecule has 0 radical (unpaired) electrons. The number of rotatable bonds is 6. The molecule has 0 atom stereocenters. The van der Waals surface area contributed by atoms with E-state index in [4.69, 9.17) is 5.73 Å². The summed E-state index contributed by atoms with van der Waals surface area (Å²) in [6, 6.07) is 5.38. The summed E-state index contributed by atoms with van der Waals surface area (Å²) < 4.78 is 13.1. The van der Waals surface area contributed by atoms with Gasteiger partial charge in [-0.1, -0.05) is 6.07 Å². The standard InChI is InChI=1S/C13H22FN3/c1-10(2)17(3)9-5-8-16-12-7-4-6-11(14)13(12)15/h4,6-7,10,16H,5,8-9,15H2,1-3H3. The smallest absolute Gasteiger partial charge is 0.148 e. The summed E-state index contributed by atoms with van der Waals surface area (Å²) in [6.07, 6.45) is 1.00. The lowest BCUT2D eigenvalue weighted by Gasteiger charge is -2.21. The first kappa shape index (κ1) is 13.8. The number of nitrogens with one attached hydrogen (secondary N) is 1. The molecule has 3 nitrogen and oxygen atoms in total. The van der Waals surface area contributed by atoms with E-state index in [-0.39, 0.29) is 11.5 Å². The second-order valence-corrected chi connectivity index (χ2v) is 4.56. The van der Waals surface area contributed by atoms with Crippen LogP contribution in [-0.4, -0.2) is 31.1 Å². The van der Waals surface area contributed by atoms with Gasteiger partial charge in [-0.15, -0.1) is 0 Å². The van der Waals surface area contributed by atoms with Crippen molar-refractivity contribution in [3.8, 4) is 0 Å². The molecule has 1 aromatic carbocycles. The number of nitrogens with two attached hydrogens (primary N) is 1. The molecule has 1 aromatic rings. The Bertz CT molecular complexity index is 353. The minimum atomic E-state index is -0.366. The fourth-order valence-electron chi connectivity index (χ4n) is 1.50. The molecule has 0 aliphatic rings. The average Bonchev–Trinajstić information content (AvgIpc) is 2.29. The molecule has 0 aromatic heterocycles. The van der Waals surface area contributed by atoms with Gasteiger partial charge in [-0.05, 0) is 46.0 Å². The predicted molar refractivity (Wildman–Crippen MR) is 71.7 cm³/mol. The lowest BCUT2D eigenvalue weighted by molar-refractivity contribution is 0.273. The molecule has 1 rings (SSSR count). The van der Waals surface area contributed by atoms with Gasteiger partial charge in [0.1, 0.15) is 5.82 Å². The number of nitrogens with zero attached hydrogens (tertiary/aromatic N) is 1.